The first kappa shape index (κ1) is 6.55. The zero-order valence-electron chi connectivity index (χ0n) is 5.33. The van der Waals surface area contributed by atoms with Gasteiger partial charge in [-0.3, -0.25) is 4.79 Å². The molecule has 0 aromatic rings. The lowest BCUT2D eigenvalue weighted by atomic mass is 10.1. The molecule has 1 heterocycles. The van der Waals surface area contributed by atoms with Gasteiger partial charge in [0, 0.05) is 5.92 Å². The van der Waals surface area contributed by atoms with Gasteiger partial charge in [0.25, 0.3) is 0 Å². The normalized spacial score (nSPS) is 34.7. The van der Waals surface area contributed by atoms with Crippen LogP contribution in [-0.2, 0) is 9.53 Å². The van der Waals surface area contributed by atoms with Crippen LogP contribution in [0.4, 0.5) is 0 Å². The molecule has 1 saturated heterocycles. The fraction of sp³-hybridized carbons (Fsp3) is 0.833. The number of ether oxygens (including phenoxy) is 1. The Morgan fingerprint density at radius 1 is 1.89 bits per heavy atom. The van der Waals surface area contributed by atoms with Gasteiger partial charge in [-0.05, 0) is 0 Å². The van der Waals surface area contributed by atoms with E-state index in [1.54, 1.807) is 0 Å². The van der Waals surface area contributed by atoms with Crippen LogP contribution < -0.4 is 0 Å². The van der Waals surface area contributed by atoms with Crippen LogP contribution in [0.15, 0.2) is 0 Å². The Morgan fingerprint density at radius 2 is 2.56 bits per heavy atom. The van der Waals surface area contributed by atoms with E-state index in [4.69, 9.17) is 9.84 Å². The SMILES string of the molecule is C[C@H]1CC(=O)O[C@@H]1CO. The molecule has 0 amide bonds. The smallest absolute Gasteiger partial charge is 0.306 e. The van der Waals surface area contributed by atoms with Gasteiger partial charge in [-0.15, -0.1) is 0 Å². The second kappa shape index (κ2) is 2.35. The number of rotatable bonds is 1. The van der Waals surface area contributed by atoms with E-state index < -0.39 is 0 Å². The molecule has 3 heteroatoms. The molecule has 0 saturated carbocycles. The van der Waals surface area contributed by atoms with E-state index in [1.165, 1.54) is 0 Å². The van der Waals surface area contributed by atoms with Crippen molar-refractivity contribution in [2.45, 2.75) is 19.4 Å². The summed E-state index contributed by atoms with van der Waals surface area (Å²) in [5, 5.41) is 8.58. The quantitative estimate of drug-likeness (QED) is 0.505. The predicted molar refractivity (Wildman–Crippen MR) is 30.7 cm³/mol. The van der Waals surface area contributed by atoms with E-state index in [2.05, 4.69) is 0 Å². The van der Waals surface area contributed by atoms with Gasteiger partial charge < -0.3 is 9.84 Å². The third-order valence-electron chi connectivity index (χ3n) is 1.59. The Morgan fingerprint density at radius 3 is 2.78 bits per heavy atom. The van der Waals surface area contributed by atoms with Crippen molar-refractivity contribution in [1.29, 1.82) is 0 Å². The molecule has 0 aromatic heterocycles. The van der Waals surface area contributed by atoms with Gasteiger partial charge >= 0.3 is 5.97 Å². The van der Waals surface area contributed by atoms with Gasteiger partial charge in [0.05, 0.1) is 13.0 Å². The van der Waals surface area contributed by atoms with E-state index in [9.17, 15) is 4.79 Å². The number of aliphatic hydroxyl groups excluding tert-OH is 1. The average Bonchev–Trinajstić information content (AvgIpc) is 2.10. The Balaban J connectivity index is 2.47. The number of carbonyl (C=O) groups is 1. The van der Waals surface area contributed by atoms with E-state index in [0.29, 0.717) is 6.42 Å². The Hall–Kier alpha value is -0.570. The molecule has 1 aliphatic heterocycles. The highest BCUT2D eigenvalue weighted by atomic mass is 16.6. The summed E-state index contributed by atoms with van der Waals surface area (Å²) in [4.78, 5) is 10.5. The van der Waals surface area contributed by atoms with Crippen molar-refractivity contribution < 1.29 is 14.6 Å². The van der Waals surface area contributed by atoms with E-state index >= 15 is 0 Å². The fourth-order valence-corrected chi connectivity index (χ4v) is 0.945. The first-order chi connectivity index (χ1) is 4.24. The number of aliphatic hydroxyl groups is 1. The molecule has 0 spiro atoms. The summed E-state index contributed by atoms with van der Waals surface area (Å²) in [7, 11) is 0. The van der Waals surface area contributed by atoms with Crippen molar-refractivity contribution in [3.63, 3.8) is 0 Å². The molecule has 0 aromatic carbocycles. The Labute approximate surface area is 53.6 Å². The summed E-state index contributed by atoms with van der Waals surface area (Å²) >= 11 is 0. The van der Waals surface area contributed by atoms with Gasteiger partial charge in [0.2, 0.25) is 0 Å². The highest BCUT2D eigenvalue weighted by molar-refractivity contribution is 5.71. The van der Waals surface area contributed by atoms with Crippen molar-refractivity contribution in [1.82, 2.24) is 0 Å². The summed E-state index contributed by atoms with van der Waals surface area (Å²) in [5.41, 5.74) is 0. The zero-order chi connectivity index (χ0) is 6.85. The van der Waals surface area contributed by atoms with E-state index in [0.717, 1.165) is 0 Å². The number of carbonyl (C=O) groups excluding carboxylic acids is 1. The molecular formula is C6H10O3. The van der Waals surface area contributed by atoms with Gasteiger partial charge in [-0.25, -0.2) is 0 Å². The first-order valence-corrected chi connectivity index (χ1v) is 3.04. The molecule has 52 valence electrons. The minimum atomic E-state index is -0.252. The summed E-state index contributed by atoms with van der Waals surface area (Å²) in [6, 6.07) is 0. The van der Waals surface area contributed by atoms with Gasteiger partial charge in [-0.1, -0.05) is 6.92 Å². The van der Waals surface area contributed by atoms with Crippen LogP contribution in [-0.4, -0.2) is 23.8 Å². The lowest BCUT2D eigenvalue weighted by Crippen LogP contribution is -2.17. The monoisotopic (exact) mass is 130 g/mol. The topological polar surface area (TPSA) is 46.5 Å². The van der Waals surface area contributed by atoms with Crippen LogP contribution >= 0.6 is 0 Å². The molecule has 0 aliphatic carbocycles. The molecule has 1 fully saturated rings. The van der Waals surface area contributed by atoms with Crippen molar-refractivity contribution >= 4 is 5.97 Å². The lowest BCUT2D eigenvalue weighted by Gasteiger charge is -2.07. The minimum absolute atomic E-state index is 0.0487. The highest BCUT2D eigenvalue weighted by Gasteiger charge is 2.30. The van der Waals surface area contributed by atoms with Crippen molar-refractivity contribution in [3.8, 4) is 0 Å². The number of esters is 1. The molecular weight excluding hydrogens is 120 g/mol. The van der Waals surface area contributed by atoms with E-state index in [-0.39, 0.29) is 24.6 Å². The zero-order valence-corrected chi connectivity index (χ0v) is 5.33. The van der Waals surface area contributed by atoms with Crippen LogP contribution in [0.25, 0.3) is 0 Å². The molecule has 0 bridgehead atoms. The van der Waals surface area contributed by atoms with Crippen LogP contribution in [0, 0.1) is 5.92 Å². The van der Waals surface area contributed by atoms with Gasteiger partial charge in [0.1, 0.15) is 6.10 Å². The average molecular weight is 130 g/mol. The molecule has 0 unspecified atom stereocenters. The van der Waals surface area contributed by atoms with Crippen molar-refractivity contribution in [2.75, 3.05) is 6.61 Å². The maximum absolute atomic E-state index is 10.5. The minimum Gasteiger partial charge on any atom is -0.460 e. The van der Waals surface area contributed by atoms with Gasteiger partial charge in [0.15, 0.2) is 0 Å². The lowest BCUT2D eigenvalue weighted by molar-refractivity contribution is -0.142. The van der Waals surface area contributed by atoms with Crippen molar-refractivity contribution in [3.05, 3.63) is 0 Å². The predicted octanol–water partition coefficient (Wildman–Crippen LogP) is -0.0697. The molecule has 0 radical (unpaired) electrons. The Kier molecular flexibility index (Phi) is 1.71. The first-order valence-electron chi connectivity index (χ1n) is 3.04. The molecule has 3 nitrogen and oxygen atoms in total. The summed E-state index contributed by atoms with van der Waals surface area (Å²) in [6.45, 7) is 1.85. The highest BCUT2D eigenvalue weighted by Crippen LogP contribution is 2.20. The van der Waals surface area contributed by atoms with Gasteiger partial charge in [-0.2, -0.15) is 0 Å². The molecule has 2 atom stereocenters. The van der Waals surface area contributed by atoms with Crippen LogP contribution in [0.5, 0.6) is 0 Å². The largest absolute Gasteiger partial charge is 0.460 e. The summed E-state index contributed by atoms with van der Waals surface area (Å²) < 4.78 is 4.73. The Bertz CT molecular complexity index is 121. The third kappa shape index (κ3) is 1.21. The van der Waals surface area contributed by atoms with Crippen LogP contribution in [0.3, 0.4) is 0 Å². The summed E-state index contributed by atoms with van der Waals surface area (Å²) in [6.07, 6.45) is 0.197. The molecule has 1 rings (SSSR count). The summed E-state index contributed by atoms with van der Waals surface area (Å²) in [5.74, 6) is -0.0101. The number of hydrogen-bond donors (Lipinski definition) is 1. The fourth-order valence-electron chi connectivity index (χ4n) is 0.945. The number of hydrogen-bond acceptors (Lipinski definition) is 3. The maximum atomic E-state index is 10.5. The molecule has 9 heavy (non-hydrogen) atoms. The maximum Gasteiger partial charge on any atom is 0.306 e. The molecule has 1 N–H and O–H groups in total. The van der Waals surface area contributed by atoms with Crippen LogP contribution in [0.2, 0.25) is 0 Å². The molecule has 1 aliphatic rings. The van der Waals surface area contributed by atoms with Crippen LogP contribution in [0.1, 0.15) is 13.3 Å². The van der Waals surface area contributed by atoms with Crippen molar-refractivity contribution in [2.24, 2.45) is 5.92 Å². The van der Waals surface area contributed by atoms with E-state index in [1.807, 2.05) is 6.92 Å². The third-order valence-corrected chi connectivity index (χ3v) is 1.59. The number of cyclic esters (lactones) is 1. The second-order valence-electron chi connectivity index (χ2n) is 2.39. The second-order valence-corrected chi connectivity index (χ2v) is 2.39. The standard InChI is InChI=1S/C6H10O3/c1-4-2-6(8)9-5(4)3-7/h4-5,7H,2-3H2,1H3/t4-,5+/m0/s1.